The third-order valence-corrected chi connectivity index (χ3v) is 6.29. The molecule has 6 heteroatoms. The SMILES string of the molecule is C=CCn1c(S[C@H](C)C(=O)N2c3ccccc3C[C@H]2C)nc2ccccc2c1=O. The molecule has 0 fully saturated rings. The third kappa shape index (κ3) is 3.49. The number of carbonyl (C=O) groups excluding carboxylic acids is 1. The molecule has 2 aromatic carbocycles. The second kappa shape index (κ2) is 7.87. The van der Waals surface area contributed by atoms with Crippen molar-refractivity contribution in [3.8, 4) is 0 Å². The van der Waals surface area contributed by atoms with Gasteiger partial charge in [0, 0.05) is 18.3 Å². The predicted molar refractivity (Wildman–Crippen MR) is 119 cm³/mol. The van der Waals surface area contributed by atoms with Crippen molar-refractivity contribution in [2.24, 2.45) is 0 Å². The molecule has 148 valence electrons. The number of nitrogens with zero attached hydrogens (tertiary/aromatic N) is 3. The Balaban J connectivity index is 1.68. The number of aromatic nitrogens is 2. The van der Waals surface area contributed by atoms with Crippen LogP contribution in [0.15, 0.2) is 71.1 Å². The molecule has 29 heavy (non-hydrogen) atoms. The van der Waals surface area contributed by atoms with E-state index in [1.165, 1.54) is 17.3 Å². The number of allylic oxidation sites excluding steroid dienone is 1. The molecular weight excluding hydrogens is 382 g/mol. The second-order valence-electron chi connectivity index (χ2n) is 7.27. The van der Waals surface area contributed by atoms with Crippen LogP contribution in [0.1, 0.15) is 19.4 Å². The molecule has 0 N–H and O–H groups in total. The van der Waals surface area contributed by atoms with E-state index in [-0.39, 0.29) is 22.8 Å². The number of thioether (sulfide) groups is 1. The summed E-state index contributed by atoms with van der Waals surface area (Å²) in [7, 11) is 0. The molecule has 0 spiro atoms. The molecule has 0 aliphatic carbocycles. The normalized spacial score (nSPS) is 16.6. The van der Waals surface area contributed by atoms with E-state index in [0.717, 1.165) is 12.1 Å². The Morgan fingerprint density at radius 2 is 2.00 bits per heavy atom. The van der Waals surface area contributed by atoms with Gasteiger partial charge in [0.15, 0.2) is 5.16 Å². The fraction of sp³-hybridized carbons (Fsp3) is 0.261. The molecule has 0 bridgehead atoms. The minimum Gasteiger partial charge on any atom is -0.308 e. The van der Waals surface area contributed by atoms with Gasteiger partial charge < -0.3 is 4.90 Å². The number of rotatable bonds is 5. The summed E-state index contributed by atoms with van der Waals surface area (Å²) < 4.78 is 1.59. The Morgan fingerprint density at radius 1 is 1.28 bits per heavy atom. The van der Waals surface area contributed by atoms with Crippen LogP contribution in [-0.2, 0) is 17.8 Å². The van der Waals surface area contributed by atoms with Crippen LogP contribution in [0.25, 0.3) is 10.9 Å². The average Bonchev–Trinajstić information content (AvgIpc) is 3.06. The van der Waals surface area contributed by atoms with E-state index in [1.807, 2.05) is 48.2 Å². The molecule has 1 aromatic heterocycles. The standard InChI is InChI=1S/C23H23N3O2S/c1-4-13-25-22(28)18-10-6-7-11-19(18)24-23(25)29-16(3)21(27)26-15(2)14-17-9-5-8-12-20(17)26/h4-12,15-16H,1,13-14H2,2-3H3/t15-,16-/m1/s1. The Kier molecular flexibility index (Phi) is 5.28. The van der Waals surface area contributed by atoms with E-state index < -0.39 is 0 Å². The number of amides is 1. The van der Waals surface area contributed by atoms with Crippen molar-refractivity contribution in [1.29, 1.82) is 0 Å². The fourth-order valence-corrected chi connectivity index (χ4v) is 4.80. The maximum Gasteiger partial charge on any atom is 0.262 e. The van der Waals surface area contributed by atoms with Crippen molar-refractivity contribution in [3.05, 3.63) is 77.1 Å². The van der Waals surface area contributed by atoms with Crippen LogP contribution in [0.3, 0.4) is 0 Å². The molecule has 3 aromatic rings. The summed E-state index contributed by atoms with van der Waals surface area (Å²) in [5, 5.41) is 0.724. The van der Waals surface area contributed by atoms with Gasteiger partial charge in [0.25, 0.3) is 5.56 Å². The zero-order chi connectivity index (χ0) is 20.5. The zero-order valence-corrected chi connectivity index (χ0v) is 17.4. The first-order chi connectivity index (χ1) is 14.0. The first-order valence-corrected chi connectivity index (χ1v) is 10.6. The minimum atomic E-state index is -0.382. The molecule has 4 rings (SSSR count). The average molecular weight is 406 g/mol. The van der Waals surface area contributed by atoms with Gasteiger partial charge >= 0.3 is 0 Å². The largest absolute Gasteiger partial charge is 0.308 e. The molecule has 2 heterocycles. The quantitative estimate of drug-likeness (QED) is 0.365. The Labute approximate surface area is 174 Å². The van der Waals surface area contributed by atoms with E-state index in [4.69, 9.17) is 0 Å². The van der Waals surface area contributed by atoms with Crippen molar-refractivity contribution in [3.63, 3.8) is 0 Å². The van der Waals surface area contributed by atoms with Gasteiger partial charge in [-0.1, -0.05) is 48.2 Å². The van der Waals surface area contributed by atoms with E-state index in [0.29, 0.717) is 22.6 Å². The summed E-state index contributed by atoms with van der Waals surface area (Å²) in [5.74, 6) is 0.0278. The summed E-state index contributed by atoms with van der Waals surface area (Å²) in [6.45, 7) is 8.05. The highest BCUT2D eigenvalue weighted by atomic mass is 32.2. The summed E-state index contributed by atoms with van der Waals surface area (Å²) >= 11 is 1.32. The van der Waals surface area contributed by atoms with E-state index in [1.54, 1.807) is 16.7 Å². The molecule has 1 aliphatic rings. The number of benzene rings is 2. The van der Waals surface area contributed by atoms with Crippen molar-refractivity contribution >= 4 is 34.3 Å². The summed E-state index contributed by atoms with van der Waals surface area (Å²) in [6, 6.07) is 15.4. The van der Waals surface area contributed by atoms with Crippen LogP contribution in [0.2, 0.25) is 0 Å². The molecular formula is C23H23N3O2S. The van der Waals surface area contributed by atoms with Crippen LogP contribution in [0, 0.1) is 0 Å². The predicted octanol–water partition coefficient (Wildman–Crippen LogP) is 4.04. The lowest BCUT2D eigenvalue weighted by molar-refractivity contribution is -0.118. The summed E-state index contributed by atoms with van der Waals surface area (Å²) in [6.07, 6.45) is 2.53. The molecule has 2 atom stereocenters. The number of carbonyl (C=O) groups is 1. The number of hydrogen-bond acceptors (Lipinski definition) is 4. The lowest BCUT2D eigenvalue weighted by Gasteiger charge is -2.26. The first-order valence-electron chi connectivity index (χ1n) is 9.69. The summed E-state index contributed by atoms with van der Waals surface area (Å²) in [4.78, 5) is 32.8. The molecule has 5 nitrogen and oxygen atoms in total. The highest BCUT2D eigenvalue weighted by Gasteiger charge is 2.33. The van der Waals surface area contributed by atoms with Gasteiger partial charge in [-0.3, -0.25) is 14.2 Å². The Morgan fingerprint density at radius 3 is 2.79 bits per heavy atom. The smallest absolute Gasteiger partial charge is 0.262 e. The van der Waals surface area contributed by atoms with Gasteiger partial charge in [0.05, 0.1) is 16.2 Å². The van der Waals surface area contributed by atoms with Crippen LogP contribution < -0.4 is 10.5 Å². The maximum atomic E-state index is 13.3. The highest BCUT2D eigenvalue weighted by molar-refractivity contribution is 8.00. The van der Waals surface area contributed by atoms with E-state index in [2.05, 4.69) is 24.6 Å². The highest BCUT2D eigenvalue weighted by Crippen LogP contribution is 2.34. The Hall–Kier alpha value is -2.86. The van der Waals surface area contributed by atoms with Gasteiger partial charge in [-0.15, -0.1) is 6.58 Å². The molecule has 0 saturated carbocycles. The van der Waals surface area contributed by atoms with E-state index >= 15 is 0 Å². The molecule has 0 saturated heterocycles. The van der Waals surface area contributed by atoms with Crippen molar-refractivity contribution in [2.45, 2.75) is 43.3 Å². The van der Waals surface area contributed by atoms with Crippen LogP contribution in [-0.4, -0.2) is 26.8 Å². The molecule has 1 aliphatic heterocycles. The number of hydrogen-bond donors (Lipinski definition) is 0. The zero-order valence-electron chi connectivity index (χ0n) is 16.5. The van der Waals surface area contributed by atoms with Crippen molar-refractivity contribution < 1.29 is 4.79 Å². The second-order valence-corrected chi connectivity index (χ2v) is 8.57. The van der Waals surface area contributed by atoms with Gasteiger partial charge in [0.2, 0.25) is 5.91 Å². The maximum absolute atomic E-state index is 13.3. The van der Waals surface area contributed by atoms with E-state index in [9.17, 15) is 9.59 Å². The van der Waals surface area contributed by atoms with Gasteiger partial charge in [-0.2, -0.15) is 0 Å². The number of fused-ring (bicyclic) bond motifs is 2. The minimum absolute atomic E-state index is 0.0278. The number of anilines is 1. The third-order valence-electron chi connectivity index (χ3n) is 5.21. The first kappa shape index (κ1) is 19.5. The van der Waals surface area contributed by atoms with Crippen LogP contribution in [0.4, 0.5) is 5.69 Å². The van der Waals surface area contributed by atoms with Crippen LogP contribution in [0.5, 0.6) is 0 Å². The lowest BCUT2D eigenvalue weighted by Crippen LogP contribution is -2.40. The molecule has 1 amide bonds. The Bertz CT molecular complexity index is 1150. The van der Waals surface area contributed by atoms with Gasteiger partial charge in [-0.25, -0.2) is 4.98 Å². The van der Waals surface area contributed by atoms with Crippen molar-refractivity contribution in [2.75, 3.05) is 4.90 Å². The fourth-order valence-electron chi connectivity index (χ4n) is 3.83. The van der Waals surface area contributed by atoms with Crippen molar-refractivity contribution in [1.82, 2.24) is 9.55 Å². The summed E-state index contributed by atoms with van der Waals surface area (Å²) in [5.41, 5.74) is 2.70. The topological polar surface area (TPSA) is 55.2 Å². The van der Waals surface area contributed by atoms with Gasteiger partial charge in [0.1, 0.15) is 0 Å². The molecule has 0 radical (unpaired) electrons. The molecule has 0 unspecified atom stereocenters. The number of para-hydroxylation sites is 2. The van der Waals surface area contributed by atoms with Crippen LogP contribution >= 0.6 is 11.8 Å². The lowest BCUT2D eigenvalue weighted by atomic mass is 10.1. The van der Waals surface area contributed by atoms with Gasteiger partial charge in [-0.05, 0) is 44.0 Å². The monoisotopic (exact) mass is 405 g/mol.